The summed E-state index contributed by atoms with van der Waals surface area (Å²) in [6.07, 6.45) is 0.703. The third-order valence-corrected chi connectivity index (χ3v) is 6.46. The van der Waals surface area contributed by atoms with Crippen LogP contribution in [0.1, 0.15) is 45.2 Å². The lowest BCUT2D eigenvalue weighted by molar-refractivity contribution is 0.0970. The highest BCUT2D eigenvalue weighted by atomic mass is 35.5. The van der Waals surface area contributed by atoms with E-state index in [1.165, 1.54) is 16.2 Å². The number of fused-ring (bicyclic) bond motifs is 2. The summed E-state index contributed by atoms with van der Waals surface area (Å²) >= 11 is 7.56. The summed E-state index contributed by atoms with van der Waals surface area (Å²) in [7, 11) is 0. The van der Waals surface area contributed by atoms with Crippen molar-refractivity contribution in [1.29, 1.82) is 0 Å². The molecule has 1 amide bonds. The quantitative estimate of drug-likeness (QED) is 0.454. The summed E-state index contributed by atoms with van der Waals surface area (Å²) in [5.74, 6) is -0.372. The lowest BCUT2D eigenvalue weighted by Crippen LogP contribution is -2.29. The zero-order chi connectivity index (χ0) is 21.0. The van der Waals surface area contributed by atoms with Gasteiger partial charge in [0.15, 0.2) is 5.43 Å². The Balaban J connectivity index is 1.82. The Morgan fingerprint density at radius 3 is 2.73 bits per heavy atom. The van der Waals surface area contributed by atoms with Crippen LogP contribution in [0.3, 0.4) is 0 Å². The van der Waals surface area contributed by atoms with Gasteiger partial charge in [0.1, 0.15) is 10.6 Å². The SMILES string of the molecule is CCc1nnc(N2C(=O)c3oc4ccc(C)cc4c(=O)c3C2c2cccc(Cl)c2)s1. The Hall–Kier alpha value is -3.03. The molecule has 30 heavy (non-hydrogen) atoms. The molecule has 0 aliphatic carbocycles. The van der Waals surface area contributed by atoms with Crippen molar-refractivity contribution in [2.24, 2.45) is 0 Å². The molecule has 4 aromatic rings. The summed E-state index contributed by atoms with van der Waals surface area (Å²) in [5.41, 5.74) is 2.11. The van der Waals surface area contributed by atoms with Crippen LogP contribution >= 0.6 is 22.9 Å². The predicted molar refractivity (Wildman–Crippen MR) is 117 cm³/mol. The van der Waals surface area contributed by atoms with Gasteiger partial charge in [0, 0.05) is 5.02 Å². The van der Waals surface area contributed by atoms with E-state index in [1.54, 1.807) is 30.3 Å². The highest BCUT2D eigenvalue weighted by molar-refractivity contribution is 7.15. The van der Waals surface area contributed by atoms with Crippen molar-refractivity contribution in [2.45, 2.75) is 26.3 Å². The van der Waals surface area contributed by atoms with Crippen molar-refractivity contribution in [3.05, 3.63) is 85.2 Å². The molecule has 0 N–H and O–H groups in total. The number of rotatable bonds is 3. The van der Waals surface area contributed by atoms with Crippen LogP contribution in [0.4, 0.5) is 5.13 Å². The first kappa shape index (κ1) is 19.0. The zero-order valence-corrected chi connectivity index (χ0v) is 17.8. The highest BCUT2D eigenvalue weighted by Crippen LogP contribution is 2.42. The number of carbonyl (C=O) groups excluding carboxylic acids is 1. The van der Waals surface area contributed by atoms with Crippen LogP contribution in [-0.2, 0) is 6.42 Å². The van der Waals surface area contributed by atoms with Gasteiger partial charge in [-0.15, -0.1) is 10.2 Å². The molecule has 1 atom stereocenters. The van der Waals surface area contributed by atoms with Gasteiger partial charge >= 0.3 is 0 Å². The van der Waals surface area contributed by atoms with Crippen molar-refractivity contribution in [2.75, 3.05) is 4.90 Å². The lowest BCUT2D eigenvalue weighted by atomic mass is 9.98. The summed E-state index contributed by atoms with van der Waals surface area (Å²) < 4.78 is 5.95. The molecule has 150 valence electrons. The lowest BCUT2D eigenvalue weighted by Gasteiger charge is -2.22. The molecule has 2 aromatic carbocycles. The van der Waals surface area contributed by atoms with Crippen molar-refractivity contribution in [1.82, 2.24) is 10.2 Å². The minimum absolute atomic E-state index is 0.0366. The van der Waals surface area contributed by atoms with Gasteiger partial charge in [0.2, 0.25) is 10.9 Å². The minimum atomic E-state index is -0.690. The smallest absolute Gasteiger partial charge is 0.297 e. The van der Waals surface area contributed by atoms with Crippen LogP contribution in [0.25, 0.3) is 11.0 Å². The number of anilines is 1. The van der Waals surface area contributed by atoms with Crippen LogP contribution in [0.15, 0.2) is 51.7 Å². The molecule has 0 spiro atoms. The number of aryl methyl sites for hydroxylation is 2. The van der Waals surface area contributed by atoms with E-state index < -0.39 is 11.9 Å². The molecule has 0 saturated carbocycles. The molecule has 6 nitrogen and oxygen atoms in total. The van der Waals surface area contributed by atoms with Crippen LogP contribution in [0.5, 0.6) is 0 Å². The molecule has 0 fully saturated rings. The second-order valence-corrected chi connectivity index (χ2v) is 8.62. The Morgan fingerprint density at radius 1 is 1.17 bits per heavy atom. The van der Waals surface area contributed by atoms with Crippen molar-refractivity contribution in [3.63, 3.8) is 0 Å². The molecule has 5 rings (SSSR count). The first-order valence-corrected chi connectivity index (χ1v) is 10.7. The van der Waals surface area contributed by atoms with Crippen LogP contribution < -0.4 is 10.3 Å². The van der Waals surface area contributed by atoms with Gasteiger partial charge in [-0.2, -0.15) is 0 Å². The molecule has 0 bridgehead atoms. The van der Waals surface area contributed by atoms with E-state index in [0.717, 1.165) is 10.6 Å². The van der Waals surface area contributed by atoms with E-state index in [0.29, 0.717) is 38.7 Å². The molecule has 0 radical (unpaired) electrons. The second kappa shape index (κ2) is 7.04. The molecule has 0 saturated heterocycles. The number of hydrogen-bond acceptors (Lipinski definition) is 6. The number of benzene rings is 2. The van der Waals surface area contributed by atoms with Crippen molar-refractivity contribution >= 4 is 44.9 Å². The van der Waals surface area contributed by atoms with Crippen LogP contribution in [-0.4, -0.2) is 16.1 Å². The first-order chi connectivity index (χ1) is 14.5. The monoisotopic (exact) mass is 437 g/mol. The van der Waals surface area contributed by atoms with E-state index in [1.807, 2.05) is 26.0 Å². The van der Waals surface area contributed by atoms with Gasteiger partial charge in [-0.25, -0.2) is 0 Å². The van der Waals surface area contributed by atoms with Gasteiger partial charge in [0.05, 0.1) is 17.0 Å². The second-order valence-electron chi connectivity index (χ2n) is 7.14. The van der Waals surface area contributed by atoms with E-state index in [9.17, 15) is 9.59 Å². The molecule has 1 unspecified atom stereocenters. The molecule has 3 heterocycles. The van der Waals surface area contributed by atoms with Gasteiger partial charge in [-0.1, -0.05) is 53.6 Å². The van der Waals surface area contributed by atoms with E-state index in [-0.39, 0.29) is 11.2 Å². The summed E-state index contributed by atoms with van der Waals surface area (Å²) in [5, 5.41) is 10.6. The largest absolute Gasteiger partial charge is 0.450 e. The van der Waals surface area contributed by atoms with E-state index in [4.69, 9.17) is 16.0 Å². The molecular formula is C22H16ClN3O3S. The number of aromatic nitrogens is 2. The molecule has 8 heteroatoms. The number of halogens is 1. The van der Waals surface area contributed by atoms with Crippen LogP contribution in [0.2, 0.25) is 5.02 Å². The van der Waals surface area contributed by atoms with Crippen molar-refractivity contribution in [3.8, 4) is 0 Å². The first-order valence-electron chi connectivity index (χ1n) is 9.46. The fraction of sp³-hybridized carbons (Fsp3) is 0.182. The Kier molecular flexibility index (Phi) is 4.45. The standard InChI is InChI=1S/C22H16ClN3O3S/c1-3-16-24-25-22(30-16)26-18(12-5-4-6-13(23)10-12)17-19(27)14-9-11(2)7-8-15(14)29-20(17)21(26)28/h4-10,18H,3H2,1-2H3. The number of hydrogen-bond donors (Lipinski definition) is 0. The van der Waals surface area contributed by atoms with E-state index in [2.05, 4.69) is 10.2 Å². The molecule has 1 aliphatic rings. The van der Waals surface area contributed by atoms with Gasteiger partial charge in [0.25, 0.3) is 5.91 Å². The third kappa shape index (κ3) is 2.85. The average molecular weight is 438 g/mol. The summed E-state index contributed by atoms with van der Waals surface area (Å²) in [6.45, 7) is 3.88. The fourth-order valence-corrected chi connectivity index (χ4v) is 4.76. The Bertz CT molecular complexity index is 1380. The summed E-state index contributed by atoms with van der Waals surface area (Å²) in [6, 6.07) is 11.8. The minimum Gasteiger partial charge on any atom is -0.450 e. The van der Waals surface area contributed by atoms with Crippen molar-refractivity contribution < 1.29 is 9.21 Å². The average Bonchev–Trinajstić information content (AvgIpc) is 3.31. The fourth-order valence-electron chi connectivity index (χ4n) is 3.76. The topological polar surface area (TPSA) is 76.3 Å². The molecule has 1 aliphatic heterocycles. The third-order valence-electron chi connectivity index (χ3n) is 5.15. The highest BCUT2D eigenvalue weighted by Gasteiger charge is 2.45. The van der Waals surface area contributed by atoms with Gasteiger partial charge < -0.3 is 4.42 Å². The maximum Gasteiger partial charge on any atom is 0.297 e. The zero-order valence-electron chi connectivity index (χ0n) is 16.2. The normalized spacial score (nSPS) is 15.8. The Morgan fingerprint density at radius 2 is 2.00 bits per heavy atom. The van der Waals surface area contributed by atoms with Gasteiger partial charge in [-0.3, -0.25) is 14.5 Å². The summed E-state index contributed by atoms with van der Waals surface area (Å²) in [4.78, 5) is 28.4. The molecular weight excluding hydrogens is 422 g/mol. The van der Waals surface area contributed by atoms with E-state index >= 15 is 0 Å². The predicted octanol–water partition coefficient (Wildman–Crippen LogP) is 4.92. The Labute approximate surface area is 180 Å². The maximum absolute atomic E-state index is 13.5. The molecule has 2 aromatic heterocycles. The number of amides is 1. The number of nitrogens with zero attached hydrogens (tertiary/aromatic N) is 3. The van der Waals surface area contributed by atoms with Gasteiger partial charge in [-0.05, 0) is 43.2 Å². The van der Waals surface area contributed by atoms with Crippen LogP contribution in [0, 0.1) is 6.92 Å². The maximum atomic E-state index is 13.5. The number of carbonyl (C=O) groups is 1.